The standard InChI is InChI=1S/C9H17N3/c1-7(2)4-8-6-12(3)11-9(8)5-10/h6-7H,4-5,10H2,1-3H3. The highest BCUT2D eigenvalue weighted by Gasteiger charge is 2.06. The van der Waals surface area contributed by atoms with Gasteiger partial charge >= 0.3 is 0 Å². The molecule has 1 aromatic heterocycles. The lowest BCUT2D eigenvalue weighted by atomic mass is 10.0. The van der Waals surface area contributed by atoms with Gasteiger partial charge < -0.3 is 5.73 Å². The summed E-state index contributed by atoms with van der Waals surface area (Å²) in [5.74, 6) is 0.666. The quantitative estimate of drug-likeness (QED) is 0.732. The first-order valence-corrected chi connectivity index (χ1v) is 4.35. The van der Waals surface area contributed by atoms with E-state index in [4.69, 9.17) is 5.73 Å². The minimum atomic E-state index is 0.545. The number of hydrogen-bond acceptors (Lipinski definition) is 2. The fourth-order valence-corrected chi connectivity index (χ4v) is 1.37. The number of nitrogens with zero attached hydrogens (tertiary/aromatic N) is 2. The van der Waals surface area contributed by atoms with Crippen LogP contribution in [-0.2, 0) is 20.0 Å². The predicted octanol–water partition coefficient (Wildman–Crippen LogP) is 1.08. The van der Waals surface area contributed by atoms with Crippen molar-refractivity contribution in [3.8, 4) is 0 Å². The van der Waals surface area contributed by atoms with Crippen molar-refractivity contribution in [2.45, 2.75) is 26.8 Å². The first-order chi connectivity index (χ1) is 5.63. The zero-order valence-electron chi connectivity index (χ0n) is 8.04. The summed E-state index contributed by atoms with van der Waals surface area (Å²) in [6.07, 6.45) is 3.13. The van der Waals surface area contributed by atoms with E-state index in [0.29, 0.717) is 12.5 Å². The second-order valence-electron chi connectivity index (χ2n) is 3.58. The van der Waals surface area contributed by atoms with E-state index in [9.17, 15) is 0 Å². The van der Waals surface area contributed by atoms with Crippen molar-refractivity contribution in [3.05, 3.63) is 17.5 Å². The maximum absolute atomic E-state index is 5.56. The summed E-state index contributed by atoms with van der Waals surface area (Å²) in [5, 5.41) is 4.27. The summed E-state index contributed by atoms with van der Waals surface area (Å²) in [6, 6.07) is 0. The molecule has 1 aromatic rings. The number of aromatic nitrogens is 2. The van der Waals surface area contributed by atoms with E-state index >= 15 is 0 Å². The Morgan fingerprint density at radius 2 is 2.25 bits per heavy atom. The Hall–Kier alpha value is -0.830. The van der Waals surface area contributed by atoms with Crippen LogP contribution in [0.15, 0.2) is 6.20 Å². The topological polar surface area (TPSA) is 43.8 Å². The van der Waals surface area contributed by atoms with Gasteiger partial charge in [-0.15, -0.1) is 0 Å². The van der Waals surface area contributed by atoms with Crippen LogP contribution in [0.4, 0.5) is 0 Å². The van der Waals surface area contributed by atoms with Crippen LogP contribution in [0.2, 0.25) is 0 Å². The van der Waals surface area contributed by atoms with Crippen molar-refractivity contribution in [2.75, 3.05) is 0 Å². The average Bonchev–Trinajstić information content (AvgIpc) is 2.29. The van der Waals surface area contributed by atoms with Gasteiger partial charge in [-0.1, -0.05) is 13.8 Å². The van der Waals surface area contributed by atoms with Gasteiger partial charge in [0.05, 0.1) is 5.69 Å². The lowest BCUT2D eigenvalue weighted by molar-refractivity contribution is 0.642. The highest BCUT2D eigenvalue weighted by Crippen LogP contribution is 2.11. The zero-order chi connectivity index (χ0) is 9.14. The lowest BCUT2D eigenvalue weighted by Gasteiger charge is -2.02. The van der Waals surface area contributed by atoms with Gasteiger partial charge in [0, 0.05) is 19.8 Å². The SMILES string of the molecule is CC(C)Cc1cn(C)nc1CN. The monoisotopic (exact) mass is 167 g/mol. The van der Waals surface area contributed by atoms with Gasteiger partial charge in [0.2, 0.25) is 0 Å². The van der Waals surface area contributed by atoms with Gasteiger partial charge in [0.1, 0.15) is 0 Å². The summed E-state index contributed by atoms with van der Waals surface area (Å²) in [6.45, 7) is 4.95. The Morgan fingerprint density at radius 1 is 1.58 bits per heavy atom. The molecule has 1 heterocycles. The first kappa shape index (κ1) is 9.26. The van der Waals surface area contributed by atoms with E-state index in [2.05, 4.69) is 25.1 Å². The molecule has 2 N–H and O–H groups in total. The number of rotatable bonds is 3. The minimum Gasteiger partial charge on any atom is -0.325 e. The largest absolute Gasteiger partial charge is 0.325 e. The molecule has 0 amide bonds. The van der Waals surface area contributed by atoms with Gasteiger partial charge in [0.25, 0.3) is 0 Å². The third-order valence-electron chi connectivity index (χ3n) is 1.81. The molecule has 3 nitrogen and oxygen atoms in total. The lowest BCUT2D eigenvalue weighted by Crippen LogP contribution is -2.03. The van der Waals surface area contributed by atoms with Gasteiger partial charge in [-0.3, -0.25) is 4.68 Å². The Kier molecular flexibility index (Phi) is 2.87. The molecular formula is C9H17N3. The molecule has 0 saturated heterocycles. The zero-order valence-corrected chi connectivity index (χ0v) is 8.04. The highest BCUT2D eigenvalue weighted by molar-refractivity contribution is 5.17. The van der Waals surface area contributed by atoms with Crippen molar-refractivity contribution < 1.29 is 0 Å². The molecule has 3 heteroatoms. The molecule has 0 aliphatic carbocycles. The Bertz CT molecular complexity index is 250. The van der Waals surface area contributed by atoms with Crippen LogP contribution in [0, 0.1) is 5.92 Å². The maximum atomic E-state index is 5.56. The second-order valence-corrected chi connectivity index (χ2v) is 3.58. The number of hydrogen-bond donors (Lipinski definition) is 1. The smallest absolute Gasteiger partial charge is 0.0792 e. The molecule has 0 fully saturated rings. The van der Waals surface area contributed by atoms with Crippen molar-refractivity contribution >= 4 is 0 Å². The molecule has 0 aliphatic heterocycles. The molecule has 0 radical (unpaired) electrons. The number of nitrogens with two attached hydrogens (primary N) is 1. The Labute approximate surface area is 73.6 Å². The fraction of sp³-hybridized carbons (Fsp3) is 0.667. The van der Waals surface area contributed by atoms with Crippen LogP contribution in [-0.4, -0.2) is 9.78 Å². The third-order valence-corrected chi connectivity index (χ3v) is 1.81. The summed E-state index contributed by atoms with van der Waals surface area (Å²) in [7, 11) is 1.93. The van der Waals surface area contributed by atoms with Crippen LogP contribution in [0.25, 0.3) is 0 Å². The molecule has 0 spiro atoms. The van der Waals surface area contributed by atoms with E-state index in [1.54, 1.807) is 0 Å². The van der Waals surface area contributed by atoms with Crippen LogP contribution in [0.5, 0.6) is 0 Å². The summed E-state index contributed by atoms with van der Waals surface area (Å²) < 4.78 is 1.83. The van der Waals surface area contributed by atoms with E-state index in [-0.39, 0.29) is 0 Å². The van der Waals surface area contributed by atoms with Crippen LogP contribution in [0.3, 0.4) is 0 Å². The summed E-state index contributed by atoms with van der Waals surface area (Å²) in [5.41, 5.74) is 7.88. The normalized spacial score (nSPS) is 11.1. The second kappa shape index (κ2) is 3.72. The van der Waals surface area contributed by atoms with E-state index in [1.807, 2.05) is 11.7 Å². The van der Waals surface area contributed by atoms with Gasteiger partial charge in [0.15, 0.2) is 0 Å². The molecule has 0 aliphatic rings. The van der Waals surface area contributed by atoms with Crippen LogP contribution < -0.4 is 5.73 Å². The highest BCUT2D eigenvalue weighted by atomic mass is 15.3. The minimum absolute atomic E-state index is 0.545. The van der Waals surface area contributed by atoms with Crippen molar-refractivity contribution in [1.82, 2.24) is 9.78 Å². The molecule has 0 aromatic carbocycles. The molecule has 1 rings (SSSR count). The van der Waals surface area contributed by atoms with Crippen molar-refractivity contribution in [1.29, 1.82) is 0 Å². The van der Waals surface area contributed by atoms with Crippen LogP contribution in [0.1, 0.15) is 25.1 Å². The van der Waals surface area contributed by atoms with Crippen molar-refractivity contribution in [2.24, 2.45) is 18.7 Å². The van der Waals surface area contributed by atoms with E-state index < -0.39 is 0 Å². The molecule has 12 heavy (non-hydrogen) atoms. The first-order valence-electron chi connectivity index (χ1n) is 4.35. The molecule has 0 unspecified atom stereocenters. The van der Waals surface area contributed by atoms with Gasteiger partial charge in [-0.05, 0) is 17.9 Å². The van der Waals surface area contributed by atoms with Crippen LogP contribution >= 0.6 is 0 Å². The Balaban J connectivity index is 2.81. The maximum Gasteiger partial charge on any atom is 0.0792 e. The molecule has 68 valence electrons. The molecular weight excluding hydrogens is 150 g/mol. The molecule has 0 atom stereocenters. The summed E-state index contributed by atoms with van der Waals surface area (Å²) in [4.78, 5) is 0. The number of aryl methyl sites for hydroxylation is 1. The molecule has 0 saturated carbocycles. The van der Waals surface area contributed by atoms with E-state index in [1.165, 1.54) is 5.56 Å². The summed E-state index contributed by atoms with van der Waals surface area (Å²) >= 11 is 0. The predicted molar refractivity (Wildman–Crippen MR) is 49.6 cm³/mol. The van der Waals surface area contributed by atoms with Gasteiger partial charge in [-0.25, -0.2) is 0 Å². The third kappa shape index (κ3) is 2.08. The van der Waals surface area contributed by atoms with E-state index in [0.717, 1.165) is 12.1 Å². The fourth-order valence-electron chi connectivity index (χ4n) is 1.37. The van der Waals surface area contributed by atoms with Crippen molar-refractivity contribution in [3.63, 3.8) is 0 Å². The Morgan fingerprint density at radius 3 is 2.75 bits per heavy atom. The molecule has 0 bridgehead atoms. The average molecular weight is 167 g/mol. The van der Waals surface area contributed by atoms with Gasteiger partial charge in [-0.2, -0.15) is 5.10 Å².